The fourth-order valence-electron chi connectivity index (χ4n) is 2.78. The second-order valence-electron chi connectivity index (χ2n) is 7.69. The van der Waals surface area contributed by atoms with Crippen molar-refractivity contribution in [3.63, 3.8) is 0 Å². The Hall–Kier alpha value is -2.86. The smallest absolute Gasteiger partial charge is 0.407 e. The molecule has 1 amide bonds. The first-order chi connectivity index (χ1) is 13.1. The van der Waals surface area contributed by atoms with Gasteiger partial charge in [-0.2, -0.15) is 0 Å². The number of carboxylic acid groups (broad SMARTS) is 1. The molecule has 28 heavy (non-hydrogen) atoms. The van der Waals surface area contributed by atoms with Crippen molar-refractivity contribution in [1.29, 1.82) is 0 Å². The van der Waals surface area contributed by atoms with E-state index >= 15 is 0 Å². The Morgan fingerprint density at radius 3 is 2.11 bits per heavy atom. The number of alkyl carbamates (subject to hydrolysis) is 1. The van der Waals surface area contributed by atoms with Crippen LogP contribution in [-0.2, 0) is 16.0 Å². The van der Waals surface area contributed by atoms with Crippen molar-refractivity contribution in [1.82, 2.24) is 5.32 Å². The van der Waals surface area contributed by atoms with Crippen molar-refractivity contribution in [2.75, 3.05) is 0 Å². The van der Waals surface area contributed by atoms with Crippen LogP contribution in [0.5, 0.6) is 0 Å². The molecule has 0 aliphatic carbocycles. The highest BCUT2D eigenvalue weighted by atomic mass is 16.6. The summed E-state index contributed by atoms with van der Waals surface area (Å²) in [6.45, 7) is 5.20. The maximum atomic E-state index is 12.1. The number of aliphatic hydroxyl groups excluding tert-OH is 1. The van der Waals surface area contributed by atoms with Crippen LogP contribution in [0.25, 0.3) is 11.1 Å². The van der Waals surface area contributed by atoms with Gasteiger partial charge < -0.3 is 20.3 Å². The number of benzene rings is 2. The number of carboxylic acids is 1. The third-order valence-corrected chi connectivity index (χ3v) is 4.07. The highest BCUT2D eigenvalue weighted by Crippen LogP contribution is 2.20. The molecule has 150 valence electrons. The summed E-state index contributed by atoms with van der Waals surface area (Å²) < 4.78 is 5.23. The number of aliphatic carboxylic acids is 1. The third kappa shape index (κ3) is 7.04. The van der Waals surface area contributed by atoms with E-state index in [0.29, 0.717) is 0 Å². The van der Waals surface area contributed by atoms with Crippen LogP contribution in [-0.4, -0.2) is 40.0 Å². The Morgan fingerprint density at radius 1 is 1.00 bits per heavy atom. The van der Waals surface area contributed by atoms with Crippen molar-refractivity contribution in [3.8, 4) is 11.1 Å². The second-order valence-corrected chi connectivity index (χ2v) is 7.69. The van der Waals surface area contributed by atoms with Gasteiger partial charge in [-0.25, -0.2) is 4.79 Å². The highest BCUT2D eigenvalue weighted by molar-refractivity contribution is 5.70. The number of amides is 1. The largest absolute Gasteiger partial charge is 0.481 e. The number of carbonyl (C=O) groups is 2. The monoisotopic (exact) mass is 385 g/mol. The first kappa shape index (κ1) is 21.4. The zero-order chi connectivity index (χ0) is 20.7. The molecule has 0 heterocycles. The maximum absolute atomic E-state index is 12.1. The SMILES string of the molecule is CC(C)(C)OC(=O)NC(Cc1ccc(-c2ccccc2)cc1)C(O)CC(=O)O. The van der Waals surface area contributed by atoms with E-state index in [-0.39, 0.29) is 6.42 Å². The van der Waals surface area contributed by atoms with Crippen molar-refractivity contribution < 1.29 is 24.5 Å². The Morgan fingerprint density at radius 2 is 1.57 bits per heavy atom. The van der Waals surface area contributed by atoms with E-state index in [0.717, 1.165) is 16.7 Å². The van der Waals surface area contributed by atoms with Crippen LogP contribution >= 0.6 is 0 Å². The molecule has 0 spiro atoms. The molecule has 0 bridgehead atoms. The van der Waals surface area contributed by atoms with Gasteiger partial charge in [-0.05, 0) is 43.9 Å². The molecule has 6 nitrogen and oxygen atoms in total. The molecule has 0 saturated heterocycles. The average molecular weight is 385 g/mol. The fraction of sp³-hybridized carbons (Fsp3) is 0.364. The van der Waals surface area contributed by atoms with Gasteiger partial charge in [0, 0.05) is 0 Å². The Kier molecular flexibility index (Phi) is 7.18. The average Bonchev–Trinajstić information content (AvgIpc) is 2.60. The van der Waals surface area contributed by atoms with Gasteiger partial charge in [-0.1, -0.05) is 54.6 Å². The predicted octanol–water partition coefficient (Wildman–Crippen LogP) is 3.63. The van der Waals surface area contributed by atoms with Crippen LogP contribution in [0.15, 0.2) is 54.6 Å². The van der Waals surface area contributed by atoms with Gasteiger partial charge in [0.25, 0.3) is 0 Å². The Labute approximate surface area is 165 Å². The van der Waals surface area contributed by atoms with E-state index in [2.05, 4.69) is 5.32 Å². The van der Waals surface area contributed by atoms with Gasteiger partial charge in [-0.15, -0.1) is 0 Å². The van der Waals surface area contributed by atoms with Gasteiger partial charge in [0.1, 0.15) is 5.60 Å². The third-order valence-electron chi connectivity index (χ3n) is 4.07. The minimum absolute atomic E-state index is 0.281. The van der Waals surface area contributed by atoms with Crippen molar-refractivity contribution >= 4 is 12.1 Å². The predicted molar refractivity (Wildman–Crippen MR) is 107 cm³/mol. The Balaban J connectivity index is 2.12. The van der Waals surface area contributed by atoms with Crippen LogP contribution in [0.3, 0.4) is 0 Å². The zero-order valence-electron chi connectivity index (χ0n) is 16.4. The van der Waals surface area contributed by atoms with Crippen LogP contribution in [0.4, 0.5) is 4.79 Å². The lowest BCUT2D eigenvalue weighted by molar-refractivity contribution is -0.139. The molecular weight excluding hydrogens is 358 g/mol. The van der Waals surface area contributed by atoms with E-state index in [1.807, 2.05) is 54.6 Å². The van der Waals surface area contributed by atoms with Crippen molar-refractivity contribution in [2.24, 2.45) is 0 Å². The number of ether oxygens (including phenoxy) is 1. The summed E-state index contributed by atoms with van der Waals surface area (Å²) in [7, 11) is 0. The van der Waals surface area contributed by atoms with Crippen LogP contribution in [0.1, 0.15) is 32.8 Å². The zero-order valence-corrected chi connectivity index (χ0v) is 16.4. The highest BCUT2D eigenvalue weighted by Gasteiger charge is 2.26. The first-order valence-electron chi connectivity index (χ1n) is 9.18. The summed E-state index contributed by atoms with van der Waals surface area (Å²) in [6.07, 6.45) is -2.12. The van der Waals surface area contributed by atoms with Gasteiger partial charge in [0.15, 0.2) is 0 Å². The molecule has 2 aromatic rings. The first-order valence-corrected chi connectivity index (χ1v) is 9.18. The summed E-state index contributed by atoms with van der Waals surface area (Å²) in [6, 6.07) is 16.8. The maximum Gasteiger partial charge on any atom is 0.407 e. The lowest BCUT2D eigenvalue weighted by atomic mass is 9.97. The van der Waals surface area contributed by atoms with Crippen molar-refractivity contribution in [2.45, 2.75) is 51.4 Å². The Bertz CT molecular complexity index is 781. The number of carbonyl (C=O) groups excluding carboxylic acids is 1. The lowest BCUT2D eigenvalue weighted by Crippen LogP contribution is -2.47. The number of nitrogens with one attached hydrogen (secondary N) is 1. The van der Waals surface area contributed by atoms with Crippen LogP contribution < -0.4 is 5.32 Å². The van der Waals surface area contributed by atoms with E-state index in [1.54, 1.807) is 20.8 Å². The summed E-state index contributed by atoms with van der Waals surface area (Å²) >= 11 is 0. The molecule has 0 saturated carbocycles. The summed E-state index contributed by atoms with van der Waals surface area (Å²) in [5, 5.41) is 21.8. The van der Waals surface area contributed by atoms with Crippen LogP contribution in [0, 0.1) is 0 Å². The van der Waals surface area contributed by atoms with E-state index < -0.39 is 36.2 Å². The molecule has 0 fully saturated rings. The molecule has 2 rings (SSSR count). The number of aliphatic hydroxyl groups is 1. The molecular formula is C22H27NO5. The molecule has 2 aromatic carbocycles. The van der Waals surface area contributed by atoms with Gasteiger partial charge >= 0.3 is 12.1 Å². The number of hydrogen-bond acceptors (Lipinski definition) is 4. The van der Waals surface area contributed by atoms with E-state index in [4.69, 9.17) is 9.84 Å². The standard InChI is InChI=1S/C22H27NO5/c1-22(2,3)28-21(27)23-18(19(24)14-20(25)26)13-15-9-11-17(12-10-15)16-7-5-4-6-8-16/h4-12,18-19,24H,13-14H2,1-3H3,(H,23,27)(H,25,26). The normalized spacial score (nSPS) is 13.4. The minimum Gasteiger partial charge on any atom is -0.481 e. The second kappa shape index (κ2) is 9.37. The van der Waals surface area contributed by atoms with Crippen molar-refractivity contribution in [3.05, 3.63) is 60.2 Å². The summed E-state index contributed by atoms with van der Waals surface area (Å²) in [5.41, 5.74) is 2.31. The van der Waals surface area contributed by atoms with E-state index in [9.17, 15) is 14.7 Å². The molecule has 2 unspecified atom stereocenters. The molecule has 0 aromatic heterocycles. The number of rotatable bonds is 7. The van der Waals surface area contributed by atoms with E-state index in [1.165, 1.54) is 0 Å². The molecule has 3 N–H and O–H groups in total. The van der Waals surface area contributed by atoms with Gasteiger partial charge in [0.2, 0.25) is 0 Å². The van der Waals surface area contributed by atoms with Crippen LogP contribution in [0.2, 0.25) is 0 Å². The molecule has 2 atom stereocenters. The lowest BCUT2D eigenvalue weighted by Gasteiger charge is -2.26. The van der Waals surface area contributed by atoms with Gasteiger partial charge in [-0.3, -0.25) is 4.79 Å². The topological polar surface area (TPSA) is 95.9 Å². The molecule has 0 aliphatic rings. The summed E-state index contributed by atoms with van der Waals surface area (Å²) in [4.78, 5) is 23.1. The van der Waals surface area contributed by atoms with Gasteiger partial charge in [0.05, 0.1) is 18.6 Å². The molecule has 6 heteroatoms. The molecule has 0 radical (unpaired) electrons. The quantitative estimate of drug-likeness (QED) is 0.676. The minimum atomic E-state index is -1.24. The summed E-state index contributed by atoms with van der Waals surface area (Å²) in [5.74, 6) is -1.14. The fourth-order valence-corrected chi connectivity index (χ4v) is 2.78. The molecule has 0 aliphatic heterocycles. The number of hydrogen-bond donors (Lipinski definition) is 3.